The number of benzene rings is 2. The van der Waals surface area contributed by atoms with Crippen LogP contribution in [0.1, 0.15) is 24.0 Å². The highest BCUT2D eigenvalue weighted by Gasteiger charge is 2.06. The number of hydrogen-bond donors (Lipinski definition) is 0. The van der Waals surface area contributed by atoms with Gasteiger partial charge in [-0.05, 0) is 24.1 Å². The summed E-state index contributed by atoms with van der Waals surface area (Å²) in [5, 5.41) is 0. The molecule has 0 N–H and O–H groups in total. The van der Waals surface area contributed by atoms with Gasteiger partial charge in [-0.2, -0.15) is 0 Å². The molecule has 0 unspecified atom stereocenters. The second-order valence-corrected chi connectivity index (χ2v) is 4.99. The van der Waals surface area contributed by atoms with Crippen LogP contribution in [0, 0.1) is 12.3 Å². The molecule has 0 spiro atoms. The van der Waals surface area contributed by atoms with E-state index in [2.05, 4.69) is 71.5 Å². The summed E-state index contributed by atoms with van der Waals surface area (Å²) in [4.78, 5) is 2.46. The third-order valence-corrected chi connectivity index (χ3v) is 3.29. The van der Waals surface area contributed by atoms with Gasteiger partial charge in [0.2, 0.25) is 0 Å². The molecule has 0 saturated heterocycles. The minimum atomic E-state index is 0.847. The van der Waals surface area contributed by atoms with Crippen LogP contribution in [-0.4, -0.2) is 11.4 Å². The topological polar surface area (TPSA) is 3.24 Å². The SMILES string of the molecule is C#CCCCN(Cc1ccccc1)Cc1ccccc1. The zero-order valence-electron chi connectivity index (χ0n) is 11.8. The Kier molecular flexibility index (Phi) is 5.89. The van der Waals surface area contributed by atoms with Gasteiger partial charge in [-0.25, -0.2) is 0 Å². The fraction of sp³-hybridized carbons (Fsp3) is 0.263. The minimum absolute atomic E-state index is 0.847. The van der Waals surface area contributed by atoms with E-state index in [4.69, 9.17) is 6.42 Å². The Balaban J connectivity index is 1.99. The first-order valence-electron chi connectivity index (χ1n) is 7.12. The lowest BCUT2D eigenvalue weighted by Gasteiger charge is -2.22. The van der Waals surface area contributed by atoms with Crippen LogP contribution in [0.3, 0.4) is 0 Å². The van der Waals surface area contributed by atoms with Crippen LogP contribution in [-0.2, 0) is 13.1 Å². The van der Waals surface area contributed by atoms with E-state index in [0.717, 1.165) is 32.5 Å². The van der Waals surface area contributed by atoms with Gasteiger partial charge in [-0.3, -0.25) is 4.90 Å². The maximum Gasteiger partial charge on any atom is 0.0237 e. The van der Waals surface area contributed by atoms with E-state index in [0.29, 0.717) is 0 Å². The molecule has 20 heavy (non-hydrogen) atoms. The summed E-state index contributed by atoms with van der Waals surface area (Å²) in [6.45, 7) is 2.98. The fourth-order valence-electron chi connectivity index (χ4n) is 2.30. The van der Waals surface area contributed by atoms with Crippen LogP contribution in [0.15, 0.2) is 60.7 Å². The third kappa shape index (κ3) is 4.91. The highest BCUT2D eigenvalue weighted by Crippen LogP contribution is 2.11. The molecule has 0 aliphatic heterocycles. The van der Waals surface area contributed by atoms with Gasteiger partial charge in [0.15, 0.2) is 0 Å². The average Bonchev–Trinajstić information content (AvgIpc) is 2.49. The van der Waals surface area contributed by atoms with Crippen LogP contribution >= 0.6 is 0 Å². The molecule has 0 aliphatic rings. The molecule has 0 aromatic heterocycles. The Bertz CT molecular complexity index is 483. The van der Waals surface area contributed by atoms with Crippen molar-refractivity contribution in [3.63, 3.8) is 0 Å². The molecule has 2 rings (SSSR count). The maximum absolute atomic E-state index is 5.35. The molecule has 0 bridgehead atoms. The van der Waals surface area contributed by atoms with E-state index in [9.17, 15) is 0 Å². The van der Waals surface area contributed by atoms with E-state index < -0.39 is 0 Å². The standard InChI is InChI=1S/C19H21N/c1-2-3-10-15-20(16-18-11-6-4-7-12-18)17-19-13-8-5-9-14-19/h1,4-9,11-14H,3,10,15-17H2. The lowest BCUT2D eigenvalue weighted by atomic mass is 10.1. The van der Waals surface area contributed by atoms with Gasteiger partial charge in [-0.15, -0.1) is 12.3 Å². The third-order valence-electron chi connectivity index (χ3n) is 3.29. The molecule has 1 heteroatoms. The minimum Gasteiger partial charge on any atom is -0.295 e. The smallest absolute Gasteiger partial charge is 0.0237 e. The molecule has 2 aromatic carbocycles. The van der Waals surface area contributed by atoms with Crippen molar-refractivity contribution < 1.29 is 0 Å². The van der Waals surface area contributed by atoms with Gasteiger partial charge in [0.1, 0.15) is 0 Å². The van der Waals surface area contributed by atoms with Gasteiger partial charge < -0.3 is 0 Å². The normalized spacial score (nSPS) is 10.4. The first-order chi connectivity index (χ1) is 9.88. The number of terminal acetylenes is 1. The quantitative estimate of drug-likeness (QED) is 0.537. The second kappa shape index (κ2) is 8.19. The van der Waals surface area contributed by atoms with Crippen LogP contribution in [0.2, 0.25) is 0 Å². The predicted octanol–water partition coefficient (Wildman–Crippen LogP) is 4.10. The number of rotatable bonds is 7. The summed E-state index contributed by atoms with van der Waals surface area (Å²) >= 11 is 0. The molecule has 0 aliphatic carbocycles. The van der Waals surface area contributed by atoms with Gasteiger partial charge in [-0.1, -0.05) is 60.7 Å². The maximum atomic E-state index is 5.35. The highest BCUT2D eigenvalue weighted by molar-refractivity contribution is 5.17. The van der Waals surface area contributed by atoms with Crippen LogP contribution in [0.5, 0.6) is 0 Å². The molecule has 102 valence electrons. The Hall–Kier alpha value is -2.04. The number of hydrogen-bond acceptors (Lipinski definition) is 1. The average molecular weight is 263 g/mol. The summed E-state index contributed by atoms with van der Waals surface area (Å²) in [7, 11) is 0. The van der Waals surface area contributed by atoms with Crippen molar-refractivity contribution in [1.82, 2.24) is 4.90 Å². The van der Waals surface area contributed by atoms with E-state index in [1.807, 2.05) is 0 Å². The van der Waals surface area contributed by atoms with E-state index >= 15 is 0 Å². The van der Waals surface area contributed by atoms with Crippen molar-refractivity contribution in [1.29, 1.82) is 0 Å². The van der Waals surface area contributed by atoms with Crippen molar-refractivity contribution in [2.24, 2.45) is 0 Å². The molecule has 0 atom stereocenters. The molecule has 0 amide bonds. The van der Waals surface area contributed by atoms with Crippen molar-refractivity contribution in [3.8, 4) is 12.3 Å². The molecule has 0 fully saturated rings. The largest absolute Gasteiger partial charge is 0.295 e. The Morgan fingerprint density at radius 2 is 1.30 bits per heavy atom. The van der Waals surface area contributed by atoms with E-state index in [-0.39, 0.29) is 0 Å². The van der Waals surface area contributed by atoms with Gasteiger partial charge in [0.05, 0.1) is 0 Å². The van der Waals surface area contributed by atoms with Crippen molar-refractivity contribution in [3.05, 3.63) is 71.8 Å². The Labute approximate surface area is 122 Å². The predicted molar refractivity (Wildman–Crippen MR) is 85.1 cm³/mol. The molecule has 1 nitrogen and oxygen atoms in total. The lowest BCUT2D eigenvalue weighted by molar-refractivity contribution is 0.254. The van der Waals surface area contributed by atoms with Crippen molar-refractivity contribution >= 4 is 0 Å². The molecule has 0 saturated carbocycles. The molecule has 0 heterocycles. The van der Waals surface area contributed by atoms with Crippen molar-refractivity contribution in [2.45, 2.75) is 25.9 Å². The van der Waals surface area contributed by atoms with Crippen LogP contribution in [0.25, 0.3) is 0 Å². The monoisotopic (exact) mass is 263 g/mol. The Morgan fingerprint density at radius 3 is 1.75 bits per heavy atom. The van der Waals surface area contributed by atoms with Crippen LogP contribution in [0.4, 0.5) is 0 Å². The van der Waals surface area contributed by atoms with E-state index in [1.54, 1.807) is 0 Å². The Morgan fingerprint density at radius 1 is 0.800 bits per heavy atom. The van der Waals surface area contributed by atoms with Gasteiger partial charge in [0, 0.05) is 19.5 Å². The fourth-order valence-corrected chi connectivity index (χ4v) is 2.30. The zero-order valence-corrected chi connectivity index (χ0v) is 11.8. The number of nitrogens with zero attached hydrogens (tertiary/aromatic N) is 1. The molecular formula is C19H21N. The number of unbranched alkanes of at least 4 members (excludes halogenated alkanes) is 1. The summed E-state index contributed by atoms with van der Waals surface area (Å²) in [5.41, 5.74) is 2.70. The highest BCUT2D eigenvalue weighted by atomic mass is 15.1. The van der Waals surface area contributed by atoms with Gasteiger partial charge >= 0.3 is 0 Å². The summed E-state index contributed by atoms with van der Waals surface area (Å²) in [6.07, 6.45) is 7.25. The zero-order chi connectivity index (χ0) is 14.0. The first-order valence-corrected chi connectivity index (χ1v) is 7.12. The lowest BCUT2D eigenvalue weighted by Crippen LogP contribution is -2.24. The van der Waals surface area contributed by atoms with E-state index in [1.165, 1.54) is 11.1 Å². The molecular weight excluding hydrogens is 242 g/mol. The molecule has 2 aromatic rings. The van der Waals surface area contributed by atoms with Crippen LogP contribution < -0.4 is 0 Å². The first kappa shape index (κ1) is 14.4. The van der Waals surface area contributed by atoms with Crippen molar-refractivity contribution in [2.75, 3.05) is 6.54 Å². The summed E-state index contributed by atoms with van der Waals surface area (Å²) in [6, 6.07) is 21.2. The summed E-state index contributed by atoms with van der Waals surface area (Å²) in [5.74, 6) is 2.72. The summed E-state index contributed by atoms with van der Waals surface area (Å²) < 4.78 is 0. The van der Waals surface area contributed by atoms with Gasteiger partial charge in [0.25, 0.3) is 0 Å². The second-order valence-electron chi connectivity index (χ2n) is 4.99. The molecule has 0 radical (unpaired) electrons.